The van der Waals surface area contributed by atoms with Crippen LogP contribution in [0, 0.1) is 12.8 Å². The van der Waals surface area contributed by atoms with E-state index in [9.17, 15) is 23.1 Å². The Kier molecular flexibility index (Phi) is 4.48. The molecule has 0 aliphatic heterocycles. The van der Waals surface area contributed by atoms with Crippen molar-refractivity contribution < 1.29 is 27.8 Å². The van der Waals surface area contributed by atoms with Crippen molar-refractivity contribution in [3.63, 3.8) is 0 Å². The fraction of sp³-hybridized carbons (Fsp3) is 0.350. The number of phenols is 1. The molecule has 9 heteroatoms. The van der Waals surface area contributed by atoms with Crippen molar-refractivity contribution in [2.24, 2.45) is 5.92 Å². The lowest BCUT2D eigenvalue weighted by molar-refractivity contribution is -0.149. The molecule has 0 spiro atoms. The van der Waals surface area contributed by atoms with E-state index in [0.29, 0.717) is 30.2 Å². The molecule has 1 aliphatic carbocycles. The van der Waals surface area contributed by atoms with E-state index >= 15 is 0 Å². The van der Waals surface area contributed by atoms with Gasteiger partial charge in [-0.25, -0.2) is 4.98 Å². The van der Waals surface area contributed by atoms with Gasteiger partial charge in [-0.2, -0.15) is 18.3 Å². The minimum Gasteiger partial charge on any atom is -0.507 e. The lowest BCUT2D eigenvalue weighted by atomic mass is 9.80. The summed E-state index contributed by atoms with van der Waals surface area (Å²) in [5.41, 5.74) is 0.356. The maximum absolute atomic E-state index is 12.9. The summed E-state index contributed by atoms with van der Waals surface area (Å²) >= 11 is 0. The Hall–Kier alpha value is -3.10. The fourth-order valence-corrected chi connectivity index (χ4v) is 3.68. The average Bonchev–Trinajstić information content (AvgIpc) is 3.01. The summed E-state index contributed by atoms with van der Waals surface area (Å²) in [6.45, 7) is 1.50. The second-order valence-corrected chi connectivity index (χ2v) is 7.25. The van der Waals surface area contributed by atoms with Crippen LogP contribution >= 0.6 is 0 Å². The number of benzene rings is 1. The van der Waals surface area contributed by atoms with Crippen LogP contribution in [0.5, 0.6) is 5.75 Å². The molecule has 0 unspecified atom stereocenters. The molecular formula is C20H18F3N3O3. The molecule has 1 N–H and O–H groups in total. The molecular weight excluding hydrogens is 387 g/mol. The largest absolute Gasteiger partial charge is 0.507 e. The highest BCUT2D eigenvalue weighted by Crippen LogP contribution is 2.40. The summed E-state index contributed by atoms with van der Waals surface area (Å²) < 4.78 is 45.3. The number of carbonyl (C=O) groups is 1. The lowest BCUT2D eigenvalue weighted by Crippen LogP contribution is -2.33. The number of ether oxygens (including phenoxy) is 1. The summed E-state index contributed by atoms with van der Waals surface area (Å²) in [5.74, 6) is -0.845. The van der Waals surface area contributed by atoms with Crippen molar-refractivity contribution in [1.29, 1.82) is 0 Å². The number of phenolic OH excluding ortho intramolecular Hbond substituents is 1. The van der Waals surface area contributed by atoms with Crippen molar-refractivity contribution in [3.8, 4) is 17.0 Å². The van der Waals surface area contributed by atoms with Crippen LogP contribution < -0.4 is 0 Å². The minimum absolute atomic E-state index is 0.0676. The van der Waals surface area contributed by atoms with Crippen LogP contribution in [0.15, 0.2) is 30.5 Å². The maximum atomic E-state index is 12.9. The second-order valence-electron chi connectivity index (χ2n) is 7.25. The number of aryl methyl sites for hydroxylation is 1. The van der Waals surface area contributed by atoms with Crippen LogP contribution in [0.4, 0.5) is 13.2 Å². The molecule has 0 radical (unpaired) electrons. The van der Waals surface area contributed by atoms with E-state index < -0.39 is 17.5 Å². The fourth-order valence-electron chi connectivity index (χ4n) is 3.68. The van der Waals surface area contributed by atoms with E-state index in [0.717, 1.165) is 11.5 Å². The molecule has 29 heavy (non-hydrogen) atoms. The Labute approximate surface area is 163 Å². The van der Waals surface area contributed by atoms with Gasteiger partial charge in [0.25, 0.3) is 0 Å². The number of esters is 1. The van der Waals surface area contributed by atoms with Gasteiger partial charge < -0.3 is 9.84 Å². The zero-order chi connectivity index (χ0) is 20.9. The molecule has 0 bridgehead atoms. The molecule has 3 aromatic rings. The van der Waals surface area contributed by atoms with E-state index in [2.05, 4.69) is 10.1 Å². The molecule has 0 amide bonds. The minimum atomic E-state index is -4.54. The second kappa shape index (κ2) is 6.75. The first kappa shape index (κ1) is 19.2. The van der Waals surface area contributed by atoms with Crippen molar-refractivity contribution in [1.82, 2.24) is 14.8 Å². The van der Waals surface area contributed by atoms with Crippen LogP contribution in [0.1, 0.15) is 30.0 Å². The number of fused-ring (bicyclic) bond motifs is 1. The highest BCUT2D eigenvalue weighted by molar-refractivity contribution is 5.80. The predicted octanol–water partition coefficient (Wildman–Crippen LogP) is 4.26. The molecule has 6 nitrogen and oxygen atoms in total. The Morgan fingerprint density at radius 2 is 2.00 bits per heavy atom. The number of aromatic nitrogens is 3. The number of alkyl halides is 3. The van der Waals surface area contributed by atoms with Crippen molar-refractivity contribution in [3.05, 3.63) is 41.6 Å². The van der Waals surface area contributed by atoms with Crippen LogP contribution in [0.3, 0.4) is 0 Å². The molecule has 0 saturated heterocycles. The molecule has 1 aliphatic rings. The molecule has 0 atom stereocenters. The van der Waals surface area contributed by atoms with Gasteiger partial charge in [0.05, 0.1) is 30.3 Å². The first-order valence-electron chi connectivity index (χ1n) is 9.02. The van der Waals surface area contributed by atoms with Gasteiger partial charge >= 0.3 is 12.1 Å². The van der Waals surface area contributed by atoms with Gasteiger partial charge in [0.2, 0.25) is 0 Å². The van der Waals surface area contributed by atoms with Gasteiger partial charge in [-0.1, -0.05) is 0 Å². The Bertz CT molecular complexity index is 1080. The van der Waals surface area contributed by atoms with Gasteiger partial charge in [-0.15, -0.1) is 0 Å². The van der Waals surface area contributed by atoms with Gasteiger partial charge in [0, 0.05) is 17.1 Å². The number of carbonyl (C=O) groups excluding carboxylic acids is 1. The van der Waals surface area contributed by atoms with E-state index in [1.54, 1.807) is 16.8 Å². The summed E-state index contributed by atoms with van der Waals surface area (Å²) in [7, 11) is 1.36. The van der Waals surface area contributed by atoms with Crippen LogP contribution in [0.25, 0.3) is 22.3 Å². The third kappa shape index (κ3) is 3.41. The highest BCUT2D eigenvalue weighted by atomic mass is 19.4. The van der Waals surface area contributed by atoms with E-state index in [4.69, 9.17) is 4.74 Å². The molecule has 1 aromatic carbocycles. The number of halogens is 3. The predicted molar refractivity (Wildman–Crippen MR) is 98.1 cm³/mol. The zero-order valence-electron chi connectivity index (χ0n) is 15.7. The average molecular weight is 405 g/mol. The summed E-state index contributed by atoms with van der Waals surface area (Å²) in [6.07, 6.45) is -1.45. The van der Waals surface area contributed by atoms with E-state index in [1.165, 1.54) is 14.0 Å². The summed E-state index contributed by atoms with van der Waals surface area (Å²) in [6, 6.07) is 5.16. The monoisotopic (exact) mass is 405 g/mol. The molecule has 2 heterocycles. The van der Waals surface area contributed by atoms with Crippen molar-refractivity contribution in [2.45, 2.75) is 32.0 Å². The topological polar surface area (TPSA) is 77.2 Å². The van der Waals surface area contributed by atoms with Crippen molar-refractivity contribution >= 4 is 17.0 Å². The number of aromatic hydroxyl groups is 1. The molecule has 152 valence electrons. The number of hydrogen-bond donors (Lipinski definition) is 1. The highest BCUT2D eigenvalue weighted by Gasteiger charge is 2.37. The van der Waals surface area contributed by atoms with Gasteiger partial charge in [-0.05, 0) is 49.6 Å². The van der Waals surface area contributed by atoms with Crippen molar-refractivity contribution in [2.75, 3.05) is 7.11 Å². The Morgan fingerprint density at radius 3 is 2.62 bits per heavy atom. The van der Waals surface area contributed by atoms with Crippen LogP contribution in [-0.4, -0.2) is 33.0 Å². The SMILES string of the molecule is COC(=O)C1CC(n2cc3ccc(-c4c(C)cc(C(F)(F)F)cc4O)nc3n2)C1. The number of methoxy groups -OCH3 is 1. The van der Waals surface area contributed by atoms with Crippen LogP contribution in [-0.2, 0) is 15.7 Å². The van der Waals surface area contributed by atoms with Gasteiger partial charge in [-0.3, -0.25) is 9.48 Å². The molecule has 1 saturated carbocycles. The summed E-state index contributed by atoms with van der Waals surface area (Å²) in [5, 5.41) is 15.4. The number of nitrogens with zero attached hydrogens (tertiary/aromatic N) is 3. The molecule has 1 fully saturated rings. The third-order valence-electron chi connectivity index (χ3n) is 5.31. The molecule has 2 aromatic heterocycles. The van der Waals surface area contributed by atoms with Crippen LogP contribution in [0.2, 0.25) is 0 Å². The first-order chi connectivity index (χ1) is 13.7. The van der Waals surface area contributed by atoms with E-state index in [-0.39, 0.29) is 29.1 Å². The van der Waals surface area contributed by atoms with E-state index in [1.807, 2.05) is 6.20 Å². The number of rotatable bonds is 3. The zero-order valence-corrected chi connectivity index (χ0v) is 15.7. The van der Waals surface area contributed by atoms with Gasteiger partial charge in [0.1, 0.15) is 5.75 Å². The lowest BCUT2D eigenvalue weighted by Gasteiger charge is -2.33. The number of pyridine rings is 1. The standard InChI is InChI=1S/C20H18F3N3O3/c1-10-5-13(20(21,22)23)8-16(27)17(10)15-4-3-11-9-26(25-18(11)24-15)14-6-12(7-14)19(28)29-2/h3-5,8-9,12,14,27H,6-7H2,1-2H3. The van der Waals surface area contributed by atoms with Gasteiger partial charge in [0.15, 0.2) is 5.65 Å². The first-order valence-corrected chi connectivity index (χ1v) is 9.02. The maximum Gasteiger partial charge on any atom is 0.416 e. The normalized spacial score (nSPS) is 19.2. The molecule has 4 rings (SSSR count). The summed E-state index contributed by atoms with van der Waals surface area (Å²) in [4.78, 5) is 16.0. The smallest absolute Gasteiger partial charge is 0.416 e. The quantitative estimate of drug-likeness (QED) is 0.659. The Balaban J connectivity index is 1.64. The number of hydrogen-bond acceptors (Lipinski definition) is 5. The Morgan fingerprint density at radius 1 is 1.28 bits per heavy atom. The third-order valence-corrected chi connectivity index (χ3v) is 5.31.